The van der Waals surface area contributed by atoms with Crippen LogP contribution in [0.15, 0.2) is 5.38 Å². The molecule has 1 atom stereocenters. The summed E-state index contributed by atoms with van der Waals surface area (Å²) in [6.07, 6.45) is 5.24. The second-order valence-corrected chi connectivity index (χ2v) is 6.84. The minimum Gasteiger partial charge on any atom is -0.309 e. The predicted molar refractivity (Wildman–Crippen MR) is 82.7 cm³/mol. The van der Waals surface area contributed by atoms with Gasteiger partial charge >= 0.3 is 0 Å². The number of nitrogens with one attached hydrogen (secondary N) is 1. The van der Waals surface area contributed by atoms with Crippen molar-refractivity contribution in [1.29, 1.82) is 0 Å². The molecule has 0 spiro atoms. The summed E-state index contributed by atoms with van der Waals surface area (Å²) >= 11 is 1.81. The Balaban J connectivity index is 1.76. The highest BCUT2D eigenvalue weighted by Gasteiger charge is 2.17. The van der Waals surface area contributed by atoms with Crippen molar-refractivity contribution in [3.8, 4) is 0 Å². The first kappa shape index (κ1) is 14.9. The summed E-state index contributed by atoms with van der Waals surface area (Å²) in [6, 6.07) is 1.29. The van der Waals surface area contributed by atoms with Gasteiger partial charge in [-0.25, -0.2) is 4.98 Å². The molecule has 1 aliphatic rings. The highest BCUT2D eigenvalue weighted by atomic mass is 32.1. The van der Waals surface area contributed by atoms with Gasteiger partial charge in [0.2, 0.25) is 0 Å². The van der Waals surface area contributed by atoms with E-state index in [4.69, 9.17) is 4.98 Å². The average molecular weight is 281 g/mol. The Morgan fingerprint density at radius 3 is 3.05 bits per heavy atom. The van der Waals surface area contributed by atoms with E-state index in [1.54, 1.807) is 0 Å². The van der Waals surface area contributed by atoms with Crippen LogP contribution in [0, 0.1) is 0 Å². The van der Waals surface area contributed by atoms with Crippen molar-refractivity contribution in [2.24, 2.45) is 0 Å². The van der Waals surface area contributed by atoms with Crippen molar-refractivity contribution in [2.75, 3.05) is 13.1 Å². The van der Waals surface area contributed by atoms with Gasteiger partial charge in [-0.1, -0.05) is 20.3 Å². The van der Waals surface area contributed by atoms with Crippen LogP contribution >= 0.6 is 11.3 Å². The van der Waals surface area contributed by atoms with E-state index in [0.29, 0.717) is 6.04 Å². The summed E-state index contributed by atoms with van der Waals surface area (Å²) in [4.78, 5) is 7.34. The zero-order valence-electron chi connectivity index (χ0n) is 12.5. The van der Waals surface area contributed by atoms with Crippen LogP contribution in [0.1, 0.15) is 50.7 Å². The van der Waals surface area contributed by atoms with Gasteiger partial charge in [0.15, 0.2) is 0 Å². The van der Waals surface area contributed by atoms with E-state index in [1.807, 2.05) is 11.3 Å². The maximum absolute atomic E-state index is 4.72. The molecule has 1 saturated heterocycles. The lowest BCUT2D eigenvalue weighted by molar-refractivity contribution is 0.163. The molecule has 19 heavy (non-hydrogen) atoms. The number of piperidine rings is 1. The fraction of sp³-hybridized carbons (Fsp3) is 0.800. The fourth-order valence-electron chi connectivity index (χ4n) is 2.58. The Hall–Kier alpha value is -0.450. The molecule has 2 heterocycles. The third-order valence-electron chi connectivity index (χ3n) is 3.84. The molecule has 0 aliphatic carbocycles. The first-order valence-electron chi connectivity index (χ1n) is 7.56. The lowest BCUT2D eigenvalue weighted by atomic mass is 10.0. The van der Waals surface area contributed by atoms with Crippen LogP contribution in [-0.4, -0.2) is 35.1 Å². The van der Waals surface area contributed by atoms with Gasteiger partial charge < -0.3 is 10.2 Å². The Bertz CT molecular complexity index is 375. The topological polar surface area (TPSA) is 28.2 Å². The second kappa shape index (κ2) is 7.36. The van der Waals surface area contributed by atoms with Crippen molar-refractivity contribution >= 4 is 11.3 Å². The highest BCUT2D eigenvalue weighted by Crippen LogP contribution is 2.18. The number of aromatic nitrogens is 1. The number of nitrogens with zero attached hydrogens (tertiary/aromatic N) is 2. The van der Waals surface area contributed by atoms with Crippen LogP contribution in [0.25, 0.3) is 0 Å². The third-order valence-corrected chi connectivity index (χ3v) is 4.80. The maximum Gasteiger partial charge on any atom is 0.0941 e. The molecule has 1 fully saturated rings. The van der Waals surface area contributed by atoms with E-state index in [9.17, 15) is 0 Å². The van der Waals surface area contributed by atoms with Crippen LogP contribution in [-0.2, 0) is 13.0 Å². The normalized spacial score (nSPS) is 21.2. The zero-order valence-corrected chi connectivity index (χ0v) is 13.3. The second-order valence-electron chi connectivity index (χ2n) is 5.90. The van der Waals surface area contributed by atoms with Crippen LogP contribution < -0.4 is 5.32 Å². The van der Waals surface area contributed by atoms with E-state index in [1.165, 1.54) is 43.1 Å². The SMILES string of the molecule is CC(C)NCc1csc(CCN2CCCCC2C)n1. The summed E-state index contributed by atoms with van der Waals surface area (Å²) in [5, 5.41) is 6.91. The predicted octanol–water partition coefficient (Wildman–Crippen LogP) is 3.06. The Morgan fingerprint density at radius 1 is 1.47 bits per heavy atom. The molecule has 1 unspecified atom stereocenters. The lowest BCUT2D eigenvalue weighted by Crippen LogP contribution is -2.38. The molecule has 0 radical (unpaired) electrons. The number of hydrogen-bond donors (Lipinski definition) is 1. The summed E-state index contributed by atoms with van der Waals surface area (Å²) in [5.74, 6) is 0. The minimum atomic E-state index is 0.527. The largest absolute Gasteiger partial charge is 0.309 e. The third kappa shape index (κ3) is 4.86. The van der Waals surface area contributed by atoms with Gasteiger partial charge in [-0.05, 0) is 26.3 Å². The van der Waals surface area contributed by atoms with Crippen LogP contribution in [0.2, 0.25) is 0 Å². The van der Waals surface area contributed by atoms with Gasteiger partial charge in [-0.2, -0.15) is 0 Å². The smallest absolute Gasteiger partial charge is 0.0941 e. The standard InChI is InChI=1S/C15H27N3S/c1-12(2)16-10-14-11-19-15(17-14)7-9-18-8-5-4-6-13(18)3/h11-13,16H,4-10H2,1-3H3. The molecule has 1 N–H and O–H groups in total. The number of thiazole rings is 1. The number of likely N-dealkylation sites (tertiary alicyclic amines) is 1. The van der Waals surface area contributed by atoms with Gasteiger partial charge in [0.1, 0.15) is 0 Å². The van der Waals surface area contributed by atoms with Crippen molar-refractivity contribution < 1.29 is 0 Å². The summed E-state index contributed by atoms with van der Waals surface area (Å²) in [6.45, 7) is 10.0. The Kier molecular flexibility index (Phi) is 5.79. The van der Waals surface area contributed by atoms with Crippen molar-refractivity contribution in [2.45, 2.75) is 65.1 Å². The molecule has 1 aromatic heterocycles. The van der Waals surface area contributed by atoms with Crippen molar-refractivity contribution in [3.05, 3.63) is 16.1 Å². The first-order chi connectivity index (χ1) is 9.15. The monoisotopic (exact) mass is 281 g/mol. The zero-order chi connectivity index (χ0) is 13.7. The quantitative estimate of drug-likeness (QED) is 0.868. The van der Waals surface area contributed by atoms with Crippen LogP contribution in [0.5, 0.6) is 0 Å². The van der Waals surface area contributed by atoms with Crippen molar-refractivity contribution in [3.63, 3.8) is 0 Å². The van der Waals surface area contributed by atoms with Crippen molar-refractivity contribution in [1.82, 2.24) is 15.2 Å². The number of hydrogen-bond acceptors (Lipinski definition) is 4. The molecule has 4 heteroatoms. The van der Waals surface area contributed by atoms with E-state index in [-0.39, 0.29) is 0 Å². The van der Waals surface area contributed by atoms with Crippen LogP contribution in [0.3, 0.4) is 0 Å². The molecular weight excluding hydrogens is 254 g/mol. The van der Waals surface area contributed by atoms with Crippen LogP contribution in [0.4, 0.5) is 0 Å². The molecule has 0 bridgehead atoms. The van der Waals surface area contributed by atoms with Gasteiger partial charge in [0.25, 0.3) is 0 Å². The Morgan fingerprint density at radius 2 is 2.32 bits per heavy atom. The van der Waals surface area contributed by atoms with Gasteiger partial charge in [-0.15, -0.1) is 11.3 Å². The fourth-order valence-corrected chi connectivity index (χ4v) is 3.37. The highest BCUT2D eigenvalue weighted by molar-refractivity contribution is 7.09. The van der Waals surface area contributed by atoms with E-state index in [0.717, 1.165) is 19.0 Å². The summed E-state index contributed by atoms with van der Waals surface area (Å²) in [7, 11) is 0. The van der Waals surface area contributed by atoms with Gasteiger partial charge in [0.05, 0.1) is 10.7 Å². The van der Waals surface area contributed by atoms with E-state index in [2.05, 4.69) is 36.4 Å². The van der Waals surface area contributed by atoms with E-state index >= 15 is 0 Å². The number of rotatable bonds is 6. The van der Waals surface area contributed by atoms with Gasteiger partial charge in [-0.3, -0.25) is 0 Å². The summed E-state index contributed by atoms with van der Waals surface area (Å²) in [5.41, 5.74) is 1.19. The molecule has 2 rings (SSSR count). The molecular formula is C15H27N3S. The van der Waals surface area contributed by atoms with Gasteiger partial charge in [0, 0.05) is 37.0 Å². The maximum atomic E-state index is 4.72. The molecule has 0 amide bonds. The molecule has 1 aliphatic heterocycles. The average Bonchev–Trinajstić information content (AvgIpc) is 2.83. The summed E-state index contributed by atoms with van der Waals surface area (Å²) < 4.78 is 0. The Labute approximate surface area is 121 Å². The van der Waals surface area contributed by atoms with E-state index < -0.39 is 0 Å². The molecule has 0 aromatic carbocycles. The first-order valence-corrected chi connectivity index (χ1v) is 8.44. The molecule has 3 nitrogen and oxygen atoms in total. The molecule has 108 valence electrons. The molecule has 0 saturated carbocycles. The lowest BCUT2D eigenvalue weighted by Gasteiger charge is -2.33. The minimum absolute atomic E-state index is 0.527. The molecule has 1 aromatic rings.